The number of aryl methyl sites for hydroxylation is 1. The fourth-order valence-corrected chi connectivity index (χ4v) is 1.79. The maximum atomic E-state index is 5.98. The van der Waals surface area contributed by atoms with E-state index in [1.54, 1.807) is 0 Å². The van der Waals surface area contributed by atoms with Gasteiger partial charge < -0.3 is 5.73 Å². The summed E-state index contributed by atoms with van der Waals surface area (Å²) in [5.74, 6) is 0. The van der Waals surface area contributed by atoms with E-state index in [-0.39, 0.29) is 6.04 Å². The molecule has 0 aromatic carbocycles. The maximum absolute atomic E-state index is 5.98. The predicted octanol–water partition coefficient (Wildman–Crippen LogP) is 2.20. The second-order valence-electron chi connectivity index (χ2n) is 3.32. The topological polar surface area (TPSA) is 51.8 Å². The Labute approximate surface area is 82.8 Å². The third kappa shape index (κ3) is 2.90. The Morgan fingerprint density at radius 3 is 2.85 bits per heavy atom. The number of nitrogens with zero attached hydrogens (tertiary/aromatic N) is 2. The number of hydrogen-bond acceptors (Lipinski definition) is 4. The van der Waals surface area contributed by atoms with Gasteiger partial charge in [-0.25, -0.2) is 0 Å². The van der Waals surface area contributed by atoms with Gasteiger partial charge in [0.2, 0.25) is 0 Å². The smallest absolute Gasteiger partial charge is 0.0772 e. The zero-order valence-corrected chi connectivity index (χ0v) is 8.90. The van der Waals surface area contributed by atoms with Crippen molar-refractivity contribution in [3.63, 3.8) is 0 Å². The molecule has 0 aliphatic rings. The second-order valence-corrected chi connectivity index (χ2v) is 4.11. The summed E-state index contributed by atoms with van der Waals surface area (Å²) < 4.78 is 3.86. The van der Waals surface area contributed by atoms with Crippen LogP contribution in [0.5, 0.6) is 0 Å². The van der Waals surface area contributed by atoms with Crippen LogP contribution in [0.25, 0.3) is 0 Å². The molecule has 1 aromatic rings. The van der Waals surface area contributed by atoms with Crippen molar-refractivity contribution in [2.24, 2.45) is 5.73 Å². The molecule has 0 aliphatic heterocycles. The van der Waals surface area contributed by atoms with E-state index >= 15 is 0 Å². The summed E-state index contributed by atoms with van der Waals surface area (Å²) in [6, 6.07) is 0.0664. The van der Waals surface area contributed by atoms with Gasteiger partial charge in [0.05, 0.1) is 10.6 Å². The van der Waals surface area contributed by atoms with Gasteiger partial charge in [-0.3, -0.25) is 0 Å². The molecule has 1 heterocycles. The molecule has 1 aromatic heterocycles. The highest BCUT2D eigenvalue weighted by atomic mass is 32.1. The zero-order chi connectivity index (χ0) is 9.84. The lowest BCUT2D eigenvalue weighted by atomic mass is 10.1. The largest absolute Gasteiger partial charge is 0.323 e. The predicted molar refractivity (Wildman–Crippen MR) is 55.6 cm³/mol. The molecular formula is C9H15N3S. The van der Waals surface area contributed by atoms with Crippen molar-refractivity contribution in [1.29, 1.82) is 0 Å². The first-order valence-electron chi connectivity index (χ1n) is 4.30. The van der Waals surface area contributed by atoms with Gasteiger partial charge in [-0.15, -0.1) is 11.7 Å². The first-order valence-corrected chi connectivity index (χ1v) is 5.07. The molecule has 0 spiro atoms. The lowest BCUT2D eigenvalue weighted by Crippen LogP contribution is -2.09. The van der Waals surface area contributed by atoms with Crippen LogP contribution >= 0.6 is 11.5 Å². The van der Waals surface area contributed by atoms with Crippen molar-refractivity contribution < 1.29 is 0 Å². The van der Waals surface area contributed by atoms with E-state index in [9.17, 15) is 0 Å². The quantitative estimate of drug-likeness (QED) is 0.753. The average Bonchev–Trinajstić information content (AvgIpc) is 2.47. The molecule has 0 saturated heterocycles. The third-order valence-corrected chi connectivity index (χ3v) is 2.86. The first-order chi connectivity index (χ1) is 6.11. The van der Waals surface area contributed by atoms with Crippen LogP contribution in [0, 0.1) is 6.92 Å². The highest BCUT2D eigenvalue weighted by molar-refractivity contribution is 7.05. The van der Waals surface area contributed by atoms with E-state index in [0.717, 1.165) is 23.4 Å². The molecule has 1 rings (SSSR count). The Bertz CT molecular complexity index is 293. The van der Waals surface area contributed by atoms with E-state index in [1.165, 1.54) is 17.1 Å². The Morgan fingerprint density at radius 1 is 1.69 bits per heavy atom. The number of rotatable bonds is 4. The van der Waals surface area contributed by atoms with Gasteiger partial charge in [-0.1, -0.05) is 10.1 Å². The normalized spacial score (nSPS) is 12.8. The minimum absolute atomic E-state index is 0.0664. The minimum Gasteiger partial charge on any atom is -0.323 e. The molecular weight excluding hydrogens is 182 g/mol. The van der Waals surface area contributed by atoms with Gasteiger partial charge in [-0.05, 0) is 38.2 Å². The Balaban J connectivity index is 2.53. The molecule has 2 N–H and O–H groups in total. The molecule has 13 heavy (non-hydrogen) atoms. The average molecular weight is 197 g/mol. The molecule has 0 aliphatic carbocycles. The summed E-state index contributed by atoms with van der Waals surface area (Å²) >= 11 is 1.39. The van der Waals surface area contributed by atoms with E-state index in [0.29, 0.717) is 0 Å². The van der Waals surface area contributed by atoms with Crippen LogP contribution in [-0.2, 0) is 0 Å². The van der Waals surface area contributed by atoms with Crippen molar-refractivity contribution in [3.8, 4) is 0 Å². The Hall–Kier alpha value is -0.740. The molecule has 0 amide bonds. The van der Waals surface area contributed by atoms with Gasteiger partial charge in [0.25, 0.3) is 0 Å². The van der Waals surface area contributed by atoms with Crippen LogP contribution < -0.4 is 5.73 Å². The molecule has 0 bridgehead atoms. The maximum Gasteiger partial charge on any atom is 0.0772 e. The second kappa shape index (κ2) is 4.48. The lowest BCUT2D eigenvalue weighted by molar-refractivity contribution is 0.654. The Morgan fingerprint density at radius 2 is 2.38 bits per heavy atom. The molecule has 3 nitrogen and oxygen atoms in total. The fourth-order valence-electron chi connectivity index (χ4n) is 1.11. The van der Waals surface area contributed by atoms with Gasteiger partial charge in [-0.2, -0.15) is 0 Å². The summed E-state index contributed by atoms with van der Waals surface area (Å²) in [6.45, 7) is 7.81. The van der Waals surface area contributed by atoms with Gasteiger partial charge >= 0.3 is 0 Å². The summed E-state index contributed by atoms with van der Waals surface area (Å²) in [7, 11) is 0. The summed E-state index contributed by atoms with van der Waals surface area (Å²) in [6.07, 6.45) is 1.90. The van der Waals surface area contributed by atoms with E-state index < -0.39 is 0 Å². The van der Waals surface area contributed by atoms with E-state index in [2.05, 4.69) is 16.2 Å². The number of hydrogen-bond donors (Lipinski definition) is 1. The van der Waals surface area contributed by atoms with Crippen molar-refractivity contribution in [2.45, 2.75) is 32.7 Å². The van der Waals surface area contributed by atoms with Crippen LogP contribution in [0.2, 0.25) is 0 Å². The van der Waals surface area contributed by atoms with Gasteiger partial charge in [0.1, 0.15) is 0 Å². The van der Waals surface area contributed by atoms with Gasteiger partial charge in [0.15, 0.2) is 0 Å². The van der Waals surface area contributed by atoms with Crippen molar-refractivity contribution in [1.82, 2.24) is 9.59 Å². The van der Waals surface area contributed by atoms with E-state index in [1.807, 2.05) is 13.8 Å². The summed E-state index contributed by atoms with van der Waals surface area (Å²) in [4.78, 5) is 1.10. The number of aromatic nitrogens is 2. The SMILES string of the molecule is C=C(C)CCC(N)c1snnc1C. The molecule has 72 valence electrons. The summed E-state index contributed by atoms with van der Waals surface area (Å²) in [5, 5.41) is 3.93. The highest BCUT2D eigenvalue weighted by Gasteiger charge is 2.11. The minimum atomic E-state index is 0.0664. The van der Waals surface area contributed by atoms with Crippen molar-refractivity contribution in [2.75, 3.05) is 0 Å². The van der Waals surface area contributed by atoms with Crippen molar-refractivity contribution in [3.05, 3.63) is 22.7 Å². The van der Waals surface area contributed by atoms with Crippen LogP contribution in [0.3, 0.4) is 0 Å². The third-order valence-electron chi connectivity index (χ3n) is 1.91. The standard InChI is InChI=1S/C9H15N3S/c1-6(2)4-5-8(10)9-7(3)11-12-13-9/h8H,1,4-5,10H2,2-3H3. The summed E-state index contributed by atoms with van der Waals surface area (Å²) in [5.41, 5.74) is 8.11. The zero-order valence-electron chi connectivity index (χ0n) is 8.08. The molecule has 1 atom stereocenters. The first kappa shape index (κ1) is 10.3. The molecule has 0 fully saturated rings. The molecule has 0 radical (unpaired) electrons. The Kier molecular flexibility index (Phi) is 3.57. The van der Waals surface area contributed by atoms with Crippen LogP contribution in [0.15, 0.2) is 12.2 Å². The van der Waals surface area contributed by atoms with Crippen LogP contribution in [0.1, 0.15) is 36.4 Å². The molecule has 0 saturated carbocycles. The van der Waals surface area contributed by atoms with Crippen LogP contribution in [-0.4, -0.2) is 9.59 Å². The molecule has 1 unspecified atom stereocenters. The molecule has 4 heteroatoms. The number of allylic oxidation sites excluding steroid dienone is 1. The van der Waals surface area contributed by atoms with E-state index in [4.69, 9.17) is 5.73 Å². The fraction of sp³-hybridized carbons (Fsp3) is 0.556. The number of nitrogens with two attached hydrogens (primary N) is 1. The van der Waals surface area contributed by atoms with Crippen LogP contribution in [0.4, 0.5) is 0 Å². The van der Waals surface area contributed by atoms with Gasteiger partial charge in [0, 0.05) is 6.04 Å². The lowest BCUT2D eigenvalue weighted by Gasteiger charge is -2.08. The highest BCUT2D eigenvalue weighted by Crippen LogP contribution is 2.22. The van der Waals surface area contributed by atoms with Crippen molar-refractivity contribution >= 4 is 11.5 Å². The monoisotopic (exact) mass is 197 g/mol.